The molecule has 0 aliphatic heterocycles. The second-order valence-electron chi connectivity index (χ2n) is 5.95. The Kier molecular flexibility index (Phi) is 6.65. The second kappa shape index (κ2) is 8.74. The van der Waals surface area contributed by atoms with Gasteiger partial charge in [-0.3, -0.25) is 9.59 Å². The number of anilines is 1. The predicted octanol–water partition coefficient (Wildman–Crippen LogP) is 1.51. The van der Waals surface area contributed by atoms with Gasteiger partial charge in [-0.1, -0.05) is 23.8 Å². The number of halogens is 1. The summed E-state index contributed by atoms with van der Waals surface area (Å²) in [5.41, 5.74) is 1.18. The molecule has 2 N–H and O–H groups in total. The van der Waals surface area contributed by atoms with Gasteiger partial charge >= 0.3 is 0 Å². The minimum atomic E-state index is -3.83. The first-order chi connectivity index (χ1) is 12.7. The minimum absolute atomic E-state index is 0.0485. The Bertz CT molecular complexity index is 930. The number of sulfonamides is 1. The number of carbonyl (C=O) groups is 2. The lowest BCUT2D eigenvalue weighted by Crippen LogP contribution is -2.41. The number of nitrogens with zero attached hydrogens (tertiary/aromatic N) is 1. The van der Waals surface area contributed by atoms with Crippen LogP contribution in [0.4, 0.5) is 10.1 Å². The van der Waals surface area contributed by atoms with Crippen LogP contribution in [-0.2, 0) is 19.6 Å². The summed E-state index contributed by atoms with van der Waals surface area (Å²) < 4.78 is 39.6. The molecule has 0 saturated heterocycles. The Morgan fingerprint density at radius 2 is 1.78 bits per heavy atom. The summed E-state index contributed by atoms with van der Waals surface area (Å²) in [5, 5.41) is 2.46. The van der Waals surface area contributed by atoms with Crippen molar-refractivity contribution in [1.29, 1.82) is 0 Å². The van der Waals surface area contributed by atoms with Gasteiger partial charge in [0.2, 0.25) is 21.8 Å². The van der Waals surface area contributed by atoms with Crippen molar-refractivity contribution in [3.05, 3.63) is 59.9 Å². The van der Waals surface area contributed by atoms with Crippen LogP contribution in [0.5, 0.6) is 0 Å². The highest BCUT2D eigenvalue weighted by Gasteiger charge is 2.18. The van der Waals surface area contributed by atoms with Crippen LogP contribution < -0.4 is 10.0 Å². The Morgan fingerprint density at radius 3 is 2.41 bits per heavy atom. The van der Waals surface area contributed by atoms with E-state index in [9.17, 15) is 22.4 Å². The highest BCUT2D eigenvalue weighted by molar-refractivity contribution is 7.89. The maximum Gasteiger partial charge on any atom is 0.243 e. The van der Waals surface area contributed by atoms with E-state index in [-0.39, 0.29) is 17.1 Å². The van der Waals surface area contributed by atoms with Gasteiger partial charge < -0.3 is 10.2 Å². The maximum atomic E-state index is 13.1. The van der Waals surface area contributed by atoms with E-state index in [0.29, 0.717) is 0 Å². The van der Waals surface area contributed by atoms with Crippen molar-refractivity contribution in [1.82, 2.24) is 9.62 Å². The second-order valence-corrected chi connectivity index (χ2v) is 7.71. The molecule has 0 spiro atoms. The van der Waals surface area contributed by atoms with Crippen LogP contribution >= 0.6 is 0 Å². The van der Waals surface area contributed by atoms with Gasteiger partial charge in [0.1, 0.15) is 5.82 Å². The van der Waals surface area contributed by atoms with Gasteiger partial charge in [-0.25, -0.2) is 17.5 Å². The molecule has 0 radical (unpaired) electrons. The maximum absolute atomic E-state index is 13.1. The monoisotopic (exact) mass is 393 g/mol. The summed E-state index contributed by atoms with van der Waals surface area (Å²) in [6, 6.07) is 11.5. The Morgan fingerprint density at radius 1 is 1.11 bits per heavy atom. The van der Waals surface area contributed by atoms with Crippen LogP contribution in [0.15, 0.2) is 53.4 Å². The third kappa shape index (κ3) is 6.15. The fourth-order valence-electron chi connectivity index (χ4n) is 2.16. The summed E-state index contributed by atoms with van der Waals surface area (Å²) in [6.07, 6.45) is 0. The van der Waals surface area contributed by atoms with Gasteiger partial charge in [-0.05, 0) is 37.3 Å². The lowest BCUT2D eigenvalue weighted by Gasteiger charge is -2.17. The molecule has 0 aliphatic carbocycles. The van der Waals surface area contributed by atoms with Gasteiger partial charge in [0.25, 0.3) is 0 Å². The average Bonchev–Trinajstić information content (AvgIpc) is 2.60. The molecule has 7 nitrogen and oxygen atoms in total. The van der Waals surface area contributed by atoms with Crippen LogP contribution in [0.3, 0.4) is 0 Å². The first kappa shape index (κ1) is 20.5. The molecule has 2 rings (SSSR count). The molecule has 0 heterocycles. The van der Waals surface area contributed by atoms with Gasteiger partial charge in [0.15, 0.2) is 0 Å². The van der Waals surface area contributed by atoms with Crippen molar-refractivity contribution in [2.75, 3.05) is 25.5 Å². The molecule has 2 amide bonds. The van der Waals surface area contributed by atoms with E-state index in [0.717, 1.165) is 16.5 Å². The molecule has 27 heavy (non-hydrogen) atoms. The summed E-state index contributed by atoms with van der Waals surface area (Å²) in [4.78, 5) is 25.1. The number of hydrogen-bond donors (Lipinski definition) is 2. The quantitative estimate of drug-likeness (QED) is 0.745. The molecule has 0 fully saturated rings. The number of aryl methyl sites for hydroxylation is 1. The lowest BCUT2D eigenvalue weighted by molar-refractivity contribution is -0.132. The summed E-state index contributed by atoms with van der Waals surface area (Å²) in [7, 11) is -2.46. The zero-order valence-corrected chi connectivity index (χ0v) is 15.7. The van der Waals surface area contributed by atoms with Crippen LogP contribution in [-0.4, -0.2) is 45.3 Å². The number of amides is 2. The van der Waals surface area contributed by atoms with Crippen LogP contribution in [0.25, 0.3) is 0 Å². The topological polar surface area (TPSA) is 95.6 Å². The first-order valence-corrected chi connectivity index (χ1v) is 9.51. The van der Waals surface area contributed by atoms with Gasteiger partial charge in [-0.2, -0.15) is 0 Å². The van der Waals surface area contributed by atoms with E-state index >= 15 is 0 Å². The minimum Gasteiger partial charge on any atom is -0.335 e. The first-order valence-electron chi connectivity index (χ1n) is 8.03. The SMILES string of the molecule is Cc1ccc(S(=O)(=O)NCC(=O)N(C)CC(=O)Nc2cccc(F)c2)cc1. The van der Waals surface area contributed by atoms with Crippen molar-refractivity contribution >= 4 is 27.5 Å². The number of carbonyl (C=O) groups excluding carboxylic acids is 2. The number of hydrogen-bond acceptors (Lipinski definition) is 4. The van der Waals surface area contributed by atoms with Gasteiger partial charge in [-0.15, -0.1) is 0 Å². The summed E-state index contributed by atoms with van der Waals surface area (Å²) in [6.45, 7) is 1.04. The van der Waals surface area contributed by atoms with Crippen molar-refractivity contribution in [3.8, 4) is 0 Å². The molecule has 0 aliphatic rings. The molecular formula is C18H20FN3O4S. The van der Waals surface area contributed by atoms with E-state index in [1.165, 1.54) is 37.4 Å². The van der Waals surface area contributed by atoms with Crippen molar-refractivity contribution in [2.24, 2.45) is 0 Å². The fourth-order valence-corrected chi connectivity index (χ4v) is 3.14. The molecule has 0 atom stereocenters. The normalized spacial score (nSPS) is 11.1. The number of likely N-dealkylation sites (N-methyl/N-ethyl adjacent to an activating group) is 1. The molecule has 144 valence electrons. The fraction of sp³-hybridized carbons (Fsp3) is 0.222. The van der Waals surface area contributed by atoms with Crippen LogP contribution in [0.1, 0.15) is 5.56 Å². The Hall–Kier alpha value is -2.78. The van der Waals surface area contributed by atoms with E-state index in [4.69, 9.17) is 0 Å². The third-order valence-electron chi connectivity index (χ3n) is 3.66. The largest absolute Gasteiger partial charge is 0.335 e. The van der Waals surface area contributed by atoms with E-state index in [2.05, 4.69) is 10.0 Å². The third-order valence-corrected chi connectivity index (χ3v) is 5.08. The van der Waals surface area contributed by atoms with Crippen molar-refractivity contribution in [2.45, 2.75) is 11.8 Å². The Balaban J connectivity index is 1.87. The zero-order chi connectivity index (χ0) is 20.0. The molecule has 0 saturated carbocycles. The smallest absolute Gasteiger partial charge is 0.243 e. The molecule has 0 aromatic heterocycles. The number of nitrogens with one attached hydrogen (secondary N) is 2. The van der Waals surface area contributed by atoms with Gasteiger partial charge in [0, 0.05) is 12.7 Å². The molecule has 0 unspecified atom stereocenters. The van der Waals surface area contributed by atoms with E-state index in [1.807, 2.05) is 6.92 Å². The average molecular weight is 393 g/mol. The number of rotatable bonds is 7. The highest BCUT2D eigenvalue weighted by Crippen LogP contribution is 2.10. The van der Waals surface area contributed by atoms with E-state index in [1.54, 1.807) is 12.1 Å². The summed E-state index contributed by atoms with van der Waals surface area (Å²) in [5.74, 6) is -1.61. The Labute approximate surface area is 157 Å². The molecule has 0 bridgehead atoms. The highest BCUT2D eigenvalue weighted by atomic mass is 32.2. The molecule has 2 aromatic rings. The van der Waals surface area contributed by atoms with Gasteiger partial charge in [0.05, 0.1) is 18.0 Å². The predicted molar refractivity (Wildman–Crippen MR) is 99.0 cm³/mol. The van der Waals surface area contributed by atoms with Crippen molar-refractivity contribution < 1.29 is 22.4 Å². The van der Waals surface area contributed by atoms with Crippen LogP contribution in [0.2, 0.25) is 0 Å². The standard InChI is InChI=1S/C18H20FN3O4S/c1-13-6-8-16(9-7-13)27(25,26)20-11-18(24)22(2)12-17(23)21-15-5-3-4-14(19)10-15/h3-10,20H,11-12H2,1-2H3,(H,21,23). The van der Waals surface area contributed by atoms with E-state index < -0.39 is 34.2 Å². The van der Waals surface area contributed by atoms with Crippen LogP contribution in [0, 0.1) is 12.7 Å². The number of benzene rings is 2. The lowest BCUT2D eigenvalue weighted by atomic mass is 10.2. The summed E-state index contributed by atoms with van der Waals surface area (Å²) >= 11 is 0. The molecular weight excluding hydrogens is 373 g/mol. The zero-order valence-electron chi connectivity index (χ0n) is 14.9. The molecule has 9 heteroatoms. The molecule has 2 aromatic carbocycles. The van der Waals surface area contributed by atoms with Crippen molar-refractivity contribution in [3.63, 3.8) is 0 Å².